The summed E-state index contributed by atoms with van der Waals surface area (Å²) in [6.45, 7) is 1.08. The smallest absolute Gasteiger partial charge is 0.0937 e. The van der Waals surface area contributed by atoms with Gasteiger partial charge in [0.25, 0.3) is 0 Å². The average Bonchev–Trinajstić information content (AvgIpc) is 2.82. The van der Waals surface area contributed by atoms with Crippen molar-refractivity contribution in [3.8, 4) is 0 Å². The topological polar surface area (TPSA) is 24.9 Å². The van der Waals surface area contributed by atoms with Gasteiger partial charge >= 0.3 is 0 Å². The van der Waals surface area contributed by atoms with Crippen molar-refractivity contribution in [2.75, 3.05) is 6.54 Å². The van der Waals surface area contributed by atoms with Gasteiger partial charge in [0.2, 0.25) is 0 Å². The van der Waals surface area contributed by atoms with Crippen LogP contribution >= 0.6 is 11.3 Å². The van der Waals surface area contributed by atoms with E-state index in [0.29, 0.717) is 0 Å². The van der Waals surface area contributed by atoms with Crippen molar-refractivity contribution in [3.05, 3.63) is 28.7 Å². The lowest BCUT2D eigenvalue weighted by Gasteiger charge is -2.40. The molecule has 1 aromatic rings. The molecular weight excluding hydrogens is 204 g/mol. The molecule has 0 aliphatic heterocycles. The van der Waals surface area contributed by atoms with E-state index in [1.54, 1.807) is 11.3 Å². The summed E-state index contributed by atoms with van der Waals surface area (Å²) in [5, 5.41) is 6.94. The molecule has 0 spiro atoms. The first kappa shape index (κ1) is 9.55. The molecule has 3 rings (SSSR count). The standard InChI is InChI=1S/C12H16N2S/c1-2-9-8-11(10(9)3-1)13-5-4-12-14-6-7-15-12/h1,3,6-7,9-11,13H,2,4-5,8H2. The van der Waals surface area contributed by atoms with Gasteiger partial charge in [0, 0.05) is 30.6 Å². The first-order chi connectivity index (χ1) is 7.43. The Labute approximate surface area is 94.4 Å². The Morgan fingerprint density at radius 3 is 3.33 bits per heavy atom. The fraction of sp³-hybridized carbons (Fsp3) is 0.583. The molecule has 15 heavy (non-hydrogen) atoms. The van der Waals surface area contributed by atoms with Crippen LogP contribution in [-0.4, -0.2) is 17.6 Å². The van der Waals surface area contributed by atoms with Crippen molar-refractivity contribution >= 4 is 11.3 Å². The van der Waals surface area contributed by atoms with Crippen LogP contribution in [0.2, 0.25) is 0 Å². The number of aromatic nitrogens is 1. The average molecular weight is 220 g/mol. The molecule has 80 valence electrons. The number of thiazole rings is 1. The zero-order valence-corrected chi connectivity index (χ0v) is 9.54. The number of hydrogen-bond donors (Lipinski definition) is 1. The van der Waals surface area contributed by atoms with Gasteiger partial charge in [-0.05, 0) is 24.7 Å². The predicted octanol–water partition coefficient (Wildman–Crippen LogP) is 2.24. The van der Waals surface area contributed by atoms with Crippen molar-refractivity contribution < 1.29 is 0 Å². The van der Waals surface area contributed by atoms with E-state index in [9.17, 15) is 0 Å². The minimum absolute atomic E-state index is 0.744. The second-order valence-electron chi connectivity index (χ2n) is 4.47. The number of nitrogens with one attached hydrogen (secondary N) is 1. The predicted molar refractivity (Wildman–Crippen MR) is 63.0 cm³/mol. The van der Waals surface area contributed by atoms with Crippen LogP contribution in [-0.2, 0) is 6.42 Å². The van der Waals surface area contributed by atoms with E-state index in [4.69, 9.17) is 0 Å². The highest BCUT2D eigenvalue weighted by atomic mass is 32.1. The van der Waals surface area contributed by atoms with Gasteiger partial charge in [-0.2, -0.15) is 0 Å². The molecule has 2 nitrogen and oxygen atoms in total. The molecule has 2 aliphatic carbocycles. The van der Waals surface area contributed by atoms with Crippen LogP contribution < -0.4 is 5.32 Å². The highest BCUT2D eigenvalue weighted by molar-refractivity contribution is 7.09. The molecule has 2 aliphatic rings. The molecule has 3 unspecified atom stereocenters. The molecule has 1 fully saturated rings. The van der Waals surface area contributed by atoms with Crippen LogP contribution in [0.1, 0.15) is 17.8 Å². The Balaban J connectivity index is 1.42. The molecule has 1 heterocycles. The van der Waals surface area contributed by atoms with E-state index in [0.717, 1.165) is 30.8 Å². The SMILES string of the molecule is C1=CC2C(C1)CC2NCCc1nccs1. The van der Waals surface area contributed by atoms with Crippen LogP contribution in [0.25, 0.3) is 0 Å². The third-order valence-electron chi connectivity index (χ3n) is 3.59. The quantitative estimate of drug-likeness (QED) is 0.787. The molecule has 1 saturated carbocycles. The second kappa shape index (κ2) is 4.06. The van der Waals surface area contributed by atoms with Gasteiger partial charge in [-0.3, -0.25) is 0 Å². The highest BCUT2D eigenvalue weighted by Gasteiger charge is 2.40. The molecule has 0 radical (unpaired) electrons. The van der Waals surface area contributed by atoms with E-state index in [2.05, 4.69) is 27.8 Å². The number of fused-ring (bicyclic) bond motifs is 1. The summed E-state index contributed by atoms with van der Waals surface area (Å²) >= 11 is 1.75. The van der Waals surface area contributed by atoms with Crippen LogP contribution in [0.5, 0.6) is 0 Å². The monoisotopic (exact) mass is 220 g/mol. The van der Waals surface area contributed by atoms with Gasteiger partial charge in [-0.25, -0.2) is 4.98 Å². The molecule has 0 amide bonds. The Hall–Kier alpha value is -0.670. The maximum absolute atomic E-state index is 4.29. The lowest BCUT2D eigenvalue weighted by atomic mass is 9.71. The minimum Gasteiger partial charge on any atom is -0.313 e. The van der Waals surface area contributed by atoms with Gasteiger partial charge < -0.3 is 5.32 Å². The van der Waals surface area contributed by atoms with Gasteiger partial charge in [0.15, 0.2) is 0 Å². The third-order valence-corrected chi connectivity index (χ3v) is 4.43. The van der Waals surface area contributed by atoms with Crippen LogP contribution in [0.15, 0.2) is 23.7 Å². The second-order valence-corrected chi connectivity index (χ2v) is 5.45. The van der Waals surface area contributed by atoms with E-state index in [-0.39, 0.29) is 0 Å². The number of rotatable bonds is 4. The molecule has 3 atom stereocenters. The van der Waals surface area contributed by atoms with Crippen molar-refractivity contribution in [1.82, 2.24) is 10.3 Å². The Morgan fingerprint density at radius 2 is 2.53 bits per heavy atom. The van der Waals surface area contributed by atoms with Crippen LogP contribution in [0.4, 0.5) is 0 Å². The van der Waals surface area contributed by atoms with Gasteiger partial charge in [0.1, 0.15) is 0 Å². The van der Waals surface area contributed by atoms with E-state index in [1.165, 1.54) is 17.8 Å². The number of nitrogens with zero attached hydrogens (tertiary/aromatic N) is 1. The van der Waals surface area contributed by atoms with Crippen LogP contribution in [0, 0.1) is 11.8 Å². The fourth-order valence-corrected chi connectivity index (χ4v) is 3.31. The number of allylic oxidation sites excluding steroid dienone is 1. The third kappa shape index (κ3) is 1.86. The maximum Gasteiger partial charge on any atom is 0.0937 e. The van der Waals surface area contributed by atoms with E-state index in [1.807, 2.05) is 6.20 Å². The van der Waals surface area contributed by atoms with Gasteiger partial charge in [-0.1, -0.05) is 12.2 Å². The summed E-state index contributed by atoms with van der Waals surface area (Å²) in [5.41, 5.74) is 0. The largest absolute Gasteiger partial charge is 0.313 e. The molecule has 3 heteroatoms. The van der Waals surface area contributed by atoms with Gasteiger partial charge in [-0.15, -0.1) is 11.3 Å². The van der Waals surface area contributed by atoms with Crippen LogP contribution in [0.3, 0.4) is 0 Å². The number of hydrogen-bond acceptors (Lipinski definition) is 3. The zero-order chi connectivity index (χ0) is 10.1. The van der Waals surface area contributed by atoms with Crippen molar-refractivity contribution in [2.45, 2.75) is 25.3 Å². The van der Waals surface area contributed by atoms with Crippen molar-refractivity contribution in [1.29, 1.82) is 0 Å². The lowest BCUT2D eigenvalue weighted by molar-refractivity contribution is 0.164. The maximum atomic E-state index is 4.29. The molecule has 1 N–H and O–H groups in total. The highest BCUT2D eigenvalue weighted by Crippen LogP contribution is 2.42. The Kier molecular flexibility index (Phi) is 2.59. The molecular formula is C12H16N2S. The zero-order valence-electron chi connectivity index (χ0n) is 8.73. The van der Waals surface area contributed by atoms with Crippen molar-refractivity contribution in [3.63, 3.8) is 0 Å². The van der Waals surface area contributed by atoms with E-state index >= 15 is 0 Å². The summed E-state index contributed by atoms with van der Waals surface area (Å²) < 4.78 is 0. The molecule has 1 aromatic heterocycles. The molecule has 0 saturated heterocycles. The Morgan fingerprint density at radius 1 is 1.53 bits per heavy atom. The first-order valence-electron chi connectivity index (χ1n) is 5.72. The first-order valence-corrected chi connectivity index (χ1v) is 6.60. The molecule has 0 bridgehead atoms. The summed E-state index contributed by atoms with van der Waals surface area (Å²) in [6, 6.07) is 0.744. The summed E-state index contributed by atoms with van der Waals surface area (Å²) in [6.07, 6.45) is 10.4. The van der Waals surface area contributed by atoms with E-state index < -0.39 is 0 Å². The summed E-state index contributed by atoms with van der Waals surface area (Å²) in [5.74, 6) is 1.80. The van der Waals surface area contributed by atoms with Gasteiger partial charge in [0.05, 0.1) is 5.01 Å². The minimum atomic E-state index is 0.744. The summed E-state index contributed by atoms with van der Waals surface area (Å²) in [7, 11) is 0. The Bertz CT molecular complexity index is 345. The summed E-state index contributed by atoms with van der Waals surface area (Å²) in [4.78, 5) is 4.29. The normalized spacial score (nSPS) is 32.7. The molecule has 0 aromatic carbocycles. The fourth-order valence-electron chi connectivity index (χ4n) is 2.69. The lowest BCUT2D eigenvalue weighted by Crippen LogP contribution is -2.48. The van der Waals surface area contributed by atoms with Crippen molar-refractivity contribution in [2.24, 2.45) is 11.8 Å².